The fourth-order valence-electron chi connectivity index (χ4n) is 5.28. The molecule has 0 bridgehead atoms. The number of alkyl halides is 4. The highest BCUT2D eigenvalue weighted by molar-refractivity contribution is 8.00. The van der Waals surface area contributed by atoms with Crippen LogP contribution in [-0.4, -0.2) is 69.6 Å². The summed E-state index contributed by atoms with van der Waals surface area (Å²) >= 11 is 0.435. The fourth-order valence-corrected chi connectivity index (χ4v) is 11.8. The number of thioether (sulfide) groups is 1. The van der Waals surface area contributed by atoms with Crippen molar-refractivity contribution in [1.82, 2.24) is 19.7 Å². The molecule has 0 aliphatic carbocycles. The summed E-state index contributed by atoms with van der Waals surface area (Å²) in [5.41, 5.74) is 6.49. The Hall–Kier alpha value is -1.48. The van der Waals surface area contributed by atoms with E-state index in [0.29, 0.717) is 11.8 Å². The van der Waals surface area contributed by atoms with E-state index in [0.717, 1.165) is 17.9 Å². The average molecular weight is 554 g/mol. The van der Waals surface area contributed by atoms with Crippen molar-refractivity contribution < 1.29 is 31.8 Å². The van der Waals surface area contributed by atoms with Crippen molar-refractivity contribution >= 4 is 36.9 Å². The van der Waals surface area contributed by atoms with Gasteiger partial charge in [-0.25, -0.2) is 19.0 Å². The summed E-state index contributed by atoms with van der Waals surface area (Å²) in [5, 5.41) is 12.5. The lowest BCUT2D eigenvalue weighted by atomic mass is 10.1. The Balaban J connectivity index is 2.05. The van der Waals surface area contributed by atoms with E-state index in [1.165, 1.54) is 0 Å². The Labute approximate surface area is 213 Å². The number of anilines is 1. The fraction of sp³-hybridized carbons (Fsp3) is 0.773. The molecule has 8 nitrogen and oxygen atoms in total. The molecule has 3 heterocycles. The van der Waals surface area contributed by atoms with Crippen LogP contribution in [0.1, 0.15) is 54.7 Å². The van der Waals surface area contributed by atoms with Gasteiger partial charge in [-0.3, -0.25) is 0 Å². The highest BCUT2D eigenvalue weighted by Gasteiger charge is 2.54. The molecule has 3 N–H and O–H groups in total. The zero-order chi connectivity index (χ0) is 27.2. The minimum atomic E-state index is -4.49. The molecular formula is C22H35F4N5O3SSi. The predicted molar refractivity (Wildman–Crippen MR) is 133 cm³/mol. The second-order valence-electron chi connectivity index (χ2n) is 10.1. The van der Waals surface area contributed by atoms with Gasteiger partial charge in [0.15, 0.2) is 18.0 Å². The van der Waals surface area contributed by atoms with E-state index >= 15 is 4.39 Å². The minimum absolute atomic E-state index is 0.0458. The average Bonchev–Trinajstić information content (AvgIpc) is 3.28. The molecule has 0 spiro atoms. The van der Waals surface area contributed by atoms with Crippen LogP contribution in [0.2, 0.25) is 16.6 Å². The summed E-state index contributed by atoms with van der Waals surface area (Å²) in [6.45, 7) is 12.9. The molecule has 3 rings (SSSR count). The number of fused-ring (bicyclic) bond motifs is 1. The predicted octanol–water partition coefficient (Wildman–Crippen LogP) is 5.24. The molecule has 204 valence electrons. The van der Waals surface area contributed by atoms with Gasteiger partial charge >= 0.3 is 6.18 Å². The van der Waals surface area contributed by atoms with Crippen LogP contribution in [0.4, 0.5) is 23.4 Å². The van der Waals surface area contributed by atoms with E-state index in [4.69, 9.17) is 14.9 Å². The SMILES string of the molecule is CC(C)[Si](O[C@H]1[C@H](F)[C@H](n2nc(S[C@@H](C)C(F)(F)F)c3c(N)ncnc32)O[C@@H]1CO)(C(C)C)C(C)C. The van der Waals surface area contributed by atoms with E-state index in [-0.39, 0.29) is 38.5 Å². The lowest BCUT2D eigenvalue weighted by Gasteiger charge is -2.44. The maximum absolute atomic E-state index is 16.1. The monoisotopic (exact) mass is 553 g/mol. The topological polar surface area (TPSA) is 108 Å². The smallest absolute Gasteiger partial charge is 0.400 e. The normalized spacial score (nSPS) is 24.5. The maximum Gasteiger partial charge on any atom is 0.400 e. The van der Waals surface area contributed by atoms with E-state index < -0.39 is 51.0 Å². The number of aliphatic hydroxyl groups excluding tert-OH is 1. The quantitative estimate of drug-likeness (QED) is 0.247. The van der Waals surface area contributed by atoms with Crippen molar-refractivity contribution in [2.75, 3.05) is 12.3 Å². The molecule has 1 aliphatic rings. The number of nitrogens with zero attached hydrogens (tertiary/aromatic N) is 4. The molecule has 0 amide bonds. The number of ether oxygens (including phenoxy) is 1. The van der Waals surface area contributed by atoms with Crippen LogP contribution in [-0.2, 0) is 9.16 Å². The molecule has 36 heavy (non-hydrogen) atoms. The Morgan fingerprint density at radius 3 is 2.22 bits per heavy atom. The second-order valence-corrected chi connectivity index (χ2v) is 16.8. The van der Waals surface area contributed by atoms with Gasteiger partial charge in [0.2, 0.25) is 8.32 Å². The zero-order valence-electron chi connectivity index (χ0n) is 21.5. The van der Waals surface area contributed by atoms with Gasteiger partial charge in [-0.2, -0.15) is 18.3 Å². The number of hydrogen-bond donors (Lipinski definition) is 2. The van der Waals surface area contributed by atoms with Crippen LogP contribution in [0, 0.1) is 0 Å². The third-order valence-electron chi connectivity index (χ3n) is 6.97. The highest BCUT2D eigenvalue weighted by atomic mass is 32.2. The maximum atomic E-state index is 16.1. The standard InChI is InChI=1S/C22H35F4N5O3SSi/c1-10(2)36(11(3)4,12(5)6)34-17-14(8-32)33-21(16(17)23)31-19-15(18(27)28-9-29-19)20(30-31)35-13(7)22(24,25)26/h9-14,16-17,21,32H,8H2,1-7H3,(H2,27,28,29)/t13-,14+,16-,17+,21+/m0/s1. The zero-order valence-corrected chi connectivity index (χ0v) is 23.3. The minimum Gasteiger partial charge on any atom is -0.407 e. The molecule has 0 saturated carbocycles. The van der Waals surface area contributed by atoms with Gasteiger partial charge in [0, 0.05) is 0 Å². The molecule has 0 unspecified atom stereocenters. The van der Waals surface area contributed by atoms with Gasteiger partial charge in [-0.05, 0) is 23.5 Å². The number of hydrogen-bond acceptors (Lipinski definition) is 8. The van der Waals surface area contributed by atoms with Gasteiger partial charge in [-0.1, -0.05) is 53.3 Å². The largest absolute Gasteiger partial charge is 0.407 e. The van der Waals surface area contributed by atoms with Crippen LogP contribution in [0.15, 0.2) is 11.4 Å². The first kappa shape index (κ1) is 29.1. The number of nitrogens with two attached hydrogens (primary N) is 1. The molecule has 1 fully saturated rings. The van der Waals surface area contributed by atoms with Crippen molar-refractivity contribution in [2.45, 2.75) is 106 Å². The number of rotatable bonds is 9. The van der Waals surface area contributed by atoms with Gasteiger partial charge in [0.05, 0.1) is 12.0 Å². The first-order chi connectivity index (χ1) is 16.7. The Kier molecular flexibility index (Phi) is 8.65. The van der Waals surface area contributed by atoms with Crippen molar-refractivity contribution in [3.63, 3.8) is 0 Å². The summed E-state index contributed by atoms with van der Waals surface area (Å²) in [7, 11) is -2.56. The van der Waals surface area contributed by atoms with E-state index in [2.05, 4.69) is 56.6 Å². The van der Waals surface area contributed by atoms with Crippen LogP contribution in [0.25, 0.3) is 11.0 Å². The summed E-state index contributed by atoms with van der Waals surface area (Å²) in [4.78, 5) is 7.99. The van der Waals surface area contributed by atoms with Crippen molar-refractivity contribution in [3.8, 4) is 0 Å². The number of aromatic nitrogens is 4. The Morgan fingerprint density at radius 1 is 1.14 bits per heavy atom. The number of halogens is 4. The van der Waals surface area contributed by atoms with Gasteiger partial charge in [-0.15, -0.1) is 0 Å². The van der Waals surface area contributed by atoms with Crippen LogP contribution in [0.3, 0.4) is 0 Å². The molecule has 0 aromatic carbocycles. The summed E-state index contributed by atoms with van der Waals surface area (Å²) in [5.74, 6) is -0.0751. The molecule has 14 heteroatoms. The number of aliphatic hydroxyl groups is 1. The highest BCUT2D eigenvalue weighted by Crippen LogP contribution is 2.47. The van der Waals surface area contributed by atoms with E-state index in [9.17, 15) is 18.3 Å². The van der Waals surface area contributed by atoms with Crippen molar-refractivity contribution in [2.24, 2.45) is 0 Å². The summed E-state index contributed by atoms with van der Waals surface area (Å²) < 4.78 is 69.5. The summed E-state index contributed by atoms with van der Waals surface area (Å²) in [6.07, 6.45) is -8.57. The molecule has 2 aromatic heterocycles. The Morgan fingerprint density at radius 2 is 1.72 bits per heavy atom. The lowest BCUT2D eigenvalue weighted by molar-refractivity contribution is -0.125. The molecule has 2 aromatic rings. The van der Waals surface area contributed by atoms with E-state index in [1.54, 1.807) is 0 Å². The van der Waals surface area contributed by atoms with Gasteiger partial charge < -0.3 is 20.0 Å². The van der Waals surface area contributed by atoms with Gasteiger partial charge in [0.1, 0.15) is 34.6 Å². The van der Waals surface area contributed by atoms with Crippen molar-refractivity contribution in [3.05, 3.63) is 6.33 Å². The number of nitrogen functional groups attached to an aromatic ring is 1. The van der Waals surface area contributed by atoms with Crippen molar-refractivity contribution in [1.29, 1.82) is 0 Å². The Bertz CT molecular complexity index is 1030. The first-order valence-electron chi connectivity index (χ1n) is 12.0. The van der Waals surface area contributed by atoms with Crippen LogP contribution >= 0.6 is 11.8 Å². The second kappa shape index (κ2) is 10.7. The molecule has 5 atom stereocenters. The molecule has 0 radical (unpaired) electrons. The van der Waals surface area contributed by atoms with E-state index in [1.807, 2.05) is 0 Å². The molecule has 1 saturated heterocycles. The molecular weight excluding hydrogens is 518 g/mol. The third-order valence-corrected chi connectivity index (χ3v) is 14.2. The van der Waals surface area contributed by atoms with Crippen LogP contribution in [0.5, 0.6) is 0 Å². The van der Waals surface area contributed by atoms with Gasteiger partial charge in [0.25, 0.3) is 0 Å². The van der Waals surface area contributed by atoms with Crippen LogP contribution < -0.4 is 5.73 Å². The summed E-state index contributed by atoms with van der Waals surface area (Å²) in [6, 6.07) is 0. The first-order valence-corrected chi connectivity index (χ1v) is 15.0. The third kappa shape index (κ3) is 5.11. The lowest BCUT2D eigenvalue weighted by Crippen LogP contribution is -2.53. The molecule has 1 aliphatic heterocycles.